The number of ketones is 1. The predicted octanol–water partition coefficient (Wildman–Crippen LogP) is 2.99. The number of Topliss-reactive ketones (excluding diaryl/α,β-unsaturated/α-hetero) is 1. The maximum absolute atomic E-state index is 13.0. The number of hydrogen-bond acceptors (Lipinski definition) is 3. The van der Waals surface area contributed by atoms with Crippen LogP contribution in [0, 0.1) is 5.82 Å². The van der Waals surface area contributed by atoms with E-state index in [1.807, 2.05) is 0 Å². The van der Waals surface area contributed by atoms with Gasteiger partial charge in [-0.05, 0) is 19.1 Å². The Balaban J connectivity index is 2.49. The number of ether oxygens (including phenoxy) is 2. The molecule has 7 heteroatoms. The molecule has 0 bridgehead atoms. The van der Waals surface area contributed by atoms with E-state index >= 15 is 0 Å². The second-order valence-electron chi connectivity index (χ2n) is 3.71. The topological polar surface area (TPSA) is 35.5 Å². The van der Waals surface area contributed by atoms with Crippen molar-refractivity contribution >= 4 is 5.78 Å². The third-order valence-electron chi connectivity index (χ3n) is 2.07. The van der Waals surface area contributed by atoms with Gasteiger partial charge < -0.3 is 9.47 Å². The van der Waals surface area contributed by atoms with E-state index in [1.165, 1.54) is 13.0 Å². The van der Waals surface area contributed by atoms with Crippen LogP contribution >= 0.6 is 0 Å². The molecule has 0 saturated carbocycles. The molecule has 0 amide bonds. The molecule has 0 fully saturated rings. The fourth-order valence-electron chi connectivity index (χ4n) is 1.30. The molecule has 19 heavy (non-hydrogen) atoms. The number of benzene rings is 1. The summed E-state index contributed by atoms with van der Waals surface area (Å²) in [6.07, 6.45) is -4.40. The molecule has 0 unspecified atom stereocenters. The Morgan fingerprint density at radius 2 is 1.95 bits per heavy atom. The standard InChI is InChI=1S/C12H12F4O3/c1-8(17)10-3-2-9(13)6-11(10)19-5-4-18-7-12(14,15)16/h2-3,6H,4-5,7H2,1H3. The predicted molar refractivity (Wildman–Crippen MR) is 58.8 cm³/mol. The van der Waals surface area contributed by atoms with Gasteiger partial charge in [0.05, 0.1) is 12.2 Å². The number of hydrogen-bond donors (Lipinski definition) is 0. The fourth-order valence-corrected chi connectivity index (χ4v) is 1.30. The Hall–Kier alpha value is -1.63. The van der Waals surface area contributed by atoms with E-state index in [0.29, 0.717) is 0 Å². The summed E-state index contributed by atoms with van der Waals surface area (Å²) in [6, 6.07) is 3.35. The SMILES string of the molecule is CC(=O)c1ccc(F)cc1OCCOCC(F)(F)F. The maximum atomic E-state index is 13.0. The van der Waals surface area contributed by atoms with Crippen LogP contribution in [0.3, 0.4) is 0 Å². The lowest BCUT2D eigenvalue weighted by atomic mass is 10.1. The van der Waals surface area contributed by atoms with Crippen molar-refractivity contribution in [3.63, 3.8) is 0 Å². The van der Waals surface area contributed by atoms with E-state index in [0.717, 1.165) is 12.1 Å². The fraction of sp³-hybridized carbons (Fsp3) is 0.417. The van der Waals surface area contributed by atoms with E-state index in [-0.39, 0.29) is 30.3 Å². The Morgan fingerprint density at radius 1 is 1.26 bits per heavy atom. The maximum Gasteiger partial charge on any atom is 0.411 e. The summed E-state index contributed by atoms with van der Waals surface area (Å²) in [5, 5.41) is 0. The minimum atomic E-state index is -4.40. The molecule has 0 N–H and O–H groups in total. The molecular weight excluding hydrogens is 268 g/mol. The van der Waals surface area contributed by atoms with Crippen LogP contribution in [-0.2, 0) is 4.74 Å². The van der Waals surface area contributed by atoms with Crippen molar-refractivity contribution in [3.8, 4) is 5.75 Å². The zero-order valence-corrected chi connectivity index (χ0v) is 10.1. The van der Waals surface area contributed by atoms with Crippen molar-refractivity contribution in [2.24, 2.45) is 0 Å². The monoisotopic (exact) mass is 280 g/mol. The zero-order valence-electron chi connectivity index (χ0n) is 10.1. The molecule has 1 aromatic rings. The first kappa shape index (κ1) is 15.4. The largest absolute Gasteiger partial charge is 0.490 e. The van der Waals surface area contributed by atoms with Gasteiger partial charge in [-0.15, -0.1) is 0 Å². The minimum absolute atomic E-state index is 0.0110. The first-order valence-corrected chi connectivity index (χ1v) is 5.37. The third-order valence-corrected chi connectivity index (χ3v) is 2.07. The molecule has 1 aromatic carbocycles. The highest BCUT2D eigenvalue weighted by Gasteiger charge is 2.27. The van der Waals surface area contributed by atoms with Gasteiger partial charge >= 0.3 is 6.18 Å². The van der Waals surface area contributed by atoms with Gasteiger partial charge in [-0.25, -0.2) is 4.39 Å². The Labute approximate surface area is 107 Å². The molecule has 0 aliphatic carbocycles. The van der Waals surface area contributed by atoms with Gasteiger partial charge in [0.15, 0.2) is 5.78 Å². The third kappa shape index (κ3) is 5.69. The number of carbonyl (C=O) groups is 1. The molecule has 0 aliphatic heterocycles. The van der Waals surface area contributed by atoms with Gasteiger partial charge in [0.1, 0.15) is 24.8 Å². The van der Waals surface area contributed by atoms with Crippen LogP contribution in [0.15, 0.2) is 18.2 Å². The molecule has 106 valence electrons. The van der Waals surface area contributed by atoms with Gasteiger partial charge in [-0.1, -0.05) is 0 Å². The van der Waals surface area contributed by atoms with Gasteiger partial charge in [0.2, 0.25) is 0 Å². The summed E-state index contributed by atoms with van der Waals surface area (Å²) < 4.78 is 57.6. The van der Waals surface area contributed by atoms with E-state index < -0.39 is 18.6 Å². The van der Waals surface area contributed by atoms with Crippen molar-refractivity contribution in [1.29, 1.82) is 0 Å². The molecule has 0 aromatic heterocycles. The summed E-state index contributed by atoms with van der Waals surface area (Å²) >= 11 is 0. The Kier molecular flexibility index (Phi) is 5.29. The Morgan fingerprint density at radius 3 is 2.53 bits per heavy atom. The number of halogens is 4. The molecule has 0 atom stereocenters. The second kappa shape index (κ2) is 6.51. The lowest BCUT2D eigenvalue weighted by molar-refractivity contribution is -0.175. The summed E-state index contributed by atoms with van der Waals surface area (Å²) in [4.78, 5) is 11.2. The molecular formula is C12H12F4O3. The number of rotatable bonds is 6. The Bertz CT molecular complexity index is 443. The van der Waals surface area contributed by atoms with E-state index in [4.69, 9.17) is 4.74 Å². The summed E-state index contributed by atoms with van der Waals surface area (Å²) in [5.74, 6) is -0.939. The van der Waals surface area contributed by atoms with E-state index in [9.17, 15) is 22.4 Å². The van der Waals surface area contributed by atoms with Crippen LogP contribution in [0.4, 0.5) is 17.6 Å². The average molecular weight is 280 g/mol. The highest BCUT2D eigenvalue weighted by molar-refractivity contribution is 5.96. The van der Waals surface area contributed by atoms with Crippen molar-refractivity contribution in [2.45, 2.75) is 13.1 Å². The normalized spacial score (nSPS) is 11.4. The van der Waals surface area contributed by atoms with Crippen LogP contribution < -0.4 is 4.74 Å². The molecule has 0 spiro atoms. The van der Waals surface area contributed by atoms with Crippen LogP contribution in [0.1, 0.15) is 17.3 Å². The van der Waals surface area contributed by atoms with E-state index in [2.05, 4.69) is 4.74 Å². The van der Waals surface area contributed by atoms with Crippen molar-refractivity contribution in [2.75, 3.05) is 19.8 Å². The highest BCUT2D eigenvalue weighted by atomic mass is 19.4. The lowest BCUT2D eigenvalue weighted by Crippen LogP contribution is -2.19. The molecule has 0 saturated heterocycles. The quantitative estimate of drug-likeness (QED) is 0.456. The number of carbonyl (C=O) groups excluding carboxylic acids is 1. The first-order chi connectivity index (χ1) is 8.79. The van der Waals surface area contributed by atoms with Gasteiger partial charge in [-0.2, -0.15) is 13.2 Å². The smallest absolute Gasteiger partial charge is 0.411 e. The van der Waals surface area contributed by atoms with Crippen LogP contribution in [0.5, 0.6) is 5.75 Å². The van der Waals surface area contributed by atoms with Crippen molar-refractivity contribution in [1.82, 2.24) is 0 Å². The minimum Gasteiger partial charge on any atom is -0.490 e. The van der Waals surface area contributed by atoms with Gasteiger partial charge in [0.25, 0.3) is 0 Å². The second-order valence-corrected chi connectivity index (χ2v) is 3.71. The molecule has 0 aliphatic rings. The number of alkyl halides is 3. The van der Waals surface area contributed by atoms with Gasteiger partial charge in [0, 0.05) is 6.07 Å². The van der Waals surface area contributed by atoms with Crippen molar-refractivity contribution < 1.29 is 31.8 Å². The summed E-state index contributed by atoms with van der Waals surface area (Å²) in [7, 11) is 0. The van der Waals surface area contributed by atoms with E-state index in [1.54, 1.807) is 0 Å². The lowest BCUT2D eigenvalue weighted by Gasteiger charge is -2.11. The van der Waals surface area contributed by atoms with Crippen LogP contribution in [-0.4, -0.2) is 31.8 Å². The van der Waals surface area contributed by atoms with Crippen molar-refractivity contribution in [3.05, 3.63) is 29.6 Å². The molecule has 1 rings (SSSR count). The molecule has 0 heterocycles. The van der Waals surface area contributed by atoms with Crippen LogP contribution in [0.25, 0.3) is 0 Å². The molecule has 3 nitrogen and oxygen atoms in total. The average Bonchev–Trinajstić information content (AvgIpc) is 2.26. The zero-order chi connectivity index (χ0) is 14.5. The summed E-state index contributed by atoms with van der Waals surface area (Å²) in [5.41, 5.74) is 0.164. The first-order valence-electron chi connectivity index (χ1n) is 5.37. The highest BCUT2D eigenvalue weighted by Crippen LogP contribution is 2.20. The van der Waals surface area contributed by atoms with Gasteiger partial charge in [-0.3, -0.25) is 4.79 Å². The summed E-state index contributed by atoms with van der Waals surface area (Å²) in [6.45, 7) is -0.619. The van der Waals surface area contributed by atoms with Crippen LogP contribution in [0.2, 0.25) is 0 Å². The molecule has 0 radical (unpaired) electrons.